The molecule has 1 heterocycles. The molecule has 0 saturated heterocycles. The lowest BCUT2D eigenvalue weighted by molar-refractivity contribution is 0.409. The predicted octanol–water partition coefficient (Wildman–Crippen LogP) is 2.05. The van der Waals surface area contributed by atoms with Crippen LogP contribution >= 0.6 is 11.6 Å². The van der Waals surface area contributed by atoms with Gasteiger partial charge in [-0.25, -0.2) is 0 Å². The molecule has 0 aliphatic carbocycles. The molecule has 2 N–H and O–H groups in total. The van der Waals surface area contributed by atoms with Crippen LogP contribution in [0.1, 0.15) is 11.1 Å². The second kappa shape index (κ2) is 5.21. The number of methoxy groups -OCH3 is 1. The van der Waals surface area contributed by atoms with Crippen LogP contribution in [0.2, 0.25) is 5.02 Å². The van der Waals surface area contributed by atoms with Gasteiger partial charge in [0.25, 0.3) is 0 Å². The molecule has 0 radical (unpaired) electrons. The molecule has 90 valence electrons. The third-order valence-corrected chi connectivity index (χ3v) is 2.71. The number of aromatic nitrogens is 2. The highest BCUT2D eigenvalue weighted by Gasteiger charge is 2.04. The Labute approximate surface area is 105 Å². The predicted molar refractivity (Wildman–Crippen MR) is 67.2 cm³/mol. The van der Waals surface area contributed by atoms with E-state index in [2.05, 4.69) is 5.10 Å². The van der Waals surface area contributed by atoms with Crippen molar-refractivity contribution in [3.05, 3.63) is 46.7 Å². The van der Waals surface area contributed by atoms with Crippen LogP contribution in [-0.4, -0.2) is 16.9 Å². The van der Waals surface area contributed by atoms with E-state index in [4.69, 9.17) is 22.1 Å². The van der Waals surface area contributed by atoms with Crippen molar-refractivity contribution in [3.63, 3.8) is 0 Å². The summed E-state index contributed by atoms with van der Waals surface area (Å²) in [6.07, 6.45) is 3.41. The Balaban J connectivity index is 2.22. The van der Waals surface area contributed by atoms with E-state index in [-0.39, 0.29) is 0 Å². The topological polar surface area (TPSA) is 53.1 Å². The van der Waals surface area contributed by atoms with Gasteiger partial charge in [-0.1, -0.05) is 17.7 Å². The Bertz CT molecular complexity index is 510. The number of benzene rings is 1. The van der Waals surface area contributed by atoms with Gasteiger partial charge in [0.05, 0.1) is 24.9 Å². The van der Waals surface area contributed by atoms with Gasteiger partial charge < -0.3 is 10.5 Å². The highest BCUT2D eigenvalue weighted by molar-refractivity contribution is 6.30. The van der Waals surface area contributed by atoms with Crippen LogP contribution in [0.4, 0.5) is 0 Å². The van der Waals surface area contributed by atoms with E-state index in [0.29, 0.717) is 18.1 Å². The summed E-state index contributed by atoms with van der Waals surface area (Å²) < 4.78 is 7.00. The van der Waals surface area contributed by atoms with Crippen molar-refractivity contribution in [1.29, 1.82) is 0 Å². The van der Waals surface area contributed by atoms with E-state index >= 15 is 0 Å². The van der Waals surface area contributed by atoms with Crippen LogP contribution in [0.15, 0.2) is 30.6 Å². The molecule has 17 heavy (non-hydrogen) atoms. The number of hydrogen-bond acceptors (Lipinski definition) is 3. The third-order valence-electron chi connectivity index (χ3n) is 2.51. The van der Waals surface area contributed by atoms with Gasteiger partial charge in [0, 0.05) is 18.3 Å². The van der Waals surface area contributed by atoms with Gasteiger partial charge in [-0.15, -0.1) is 0 Å². The van der Waals surface area contributed by atoms with Gasteiger partial charge in [-0.05, 0) is 17.7 Å². The summed E-state index contributed by atoms with van der Waals surface area (Å²) in [6.45, 7) is 1.13. The molecule has 1 aromatic heterocycles. The van der Waals surface area contributed by atoms with Crippen LogP contribution in [0.5, 0.6) is 5.75 Å². The molecule has 0 fully saturated rings. The van der Waals surface area contributed by atoms with Crippen LogP contribution in [0.3, 0.4) is 0 Å². The number of halogens is 1. The fourth-order valence-corrected chi connectivity index (χ4v) is 1.86. The lowest BCUT2D eigenvalue weighted by Gasteiger charge is -2.09. The Kier molecular flexibility index (Phi) is 3.66. The summed E-state index contributed by atoms with van der Waals surface area (Å²) in [4.78, 5) is 0. The molecular weight excluding hydrogens is 238 g/mol. The first-order valence-electron chi connectivity index (χ1n) is 5.26. The Morgan fingerprint density at radius 2 is 2.29 bits per heavy atom. The lowest BCUT2D eigenvalue weighted by atomic mass is 10.1. The molecule has 1 aromatic carbocycles. The number of nitrogens with two attached hydrogens (primary N) is 1. The van der Waals surface area contributed by atoms with Crippen molar-refractivity contribution in [3.8, 4) is 5.75 Å². The number of ether oxygens (including phenoxy) is 1. The average Bonchev–Trinajstić information content (AvgIpc) is 2.74. The summed E-state index contributed by atoms with van der Waals surface area (Å²) in [6, 6.07) is 5.94. The molecule has 0 atom stereocenters. The van der Waals surface area contributed by atoms with Crippen molar-refractivity contribution < 1.29 is 4.74 Å². The molecule has 2 aromatic rings. The zero-order valence-electron chi connectivity index (χ0n) is 9.56. The minimum absolute atomic E-state index is 0.455. The molecular formula is C12H14ClN3O. The normalized spacial score (nSPS) is 10.5. The first-order chi connectivity index (χ1) is 8.22. The second-order valence-corrected chi connectivity index (χ2v) is 4.14. The zero-order valence-corrected chi connectivity index (χ0v) is 10.3. The highest BCUT2D eigenvalue weighted by Crippen LogP contribution is 2.20. The largest absolute Gasteiger partial charge is 0.496 e. The smallest absolute Gasteiger partial charge is 0.123 e. The second-order valence-electron chi connectivity index (χ2n) is 3.71. The van der Waals surface area contributed by atoms with E-state index in [1.54, 1.807) is 24.2 Å². The average molecular weight is 252 g/mol. The molecule has 0 spiro atoms. The molecule has 0 amide bonds. The summed E-state index contributed by atoms with van der Waals surface area (Å²) in [5.74, 6) is 0.815. The minimum Gasteiger partial charge on any atom is -0.496 e. The summed E-state index contributed by atoms with van der Waals surface area (Å²) in [5.41, 5.74) is 7.77. The molecule has 0 bridgehead atoms. The number of rotatable bonds is 4. The first-order valence-corrected chi connectivity index (χ1v) is 5.64. The quantitative estimate of drug-likeness (QED) is 0.905. The fraction of sp³-hybridized carbons (Fsp3) is 0.250. The third kappa shape index (κ3) is 2.78. The van der Waals surface area contributed by atoms with Crippen LogP contribution in [-0.2, 0) is 13.1 Å². The van der Waals surface area contributed by atoms with Gasteiger partial charge in [-0.2, -0.15) is 5.10 Å². The SMILES string of the molecule is COc1ccc(Cn2cc(Cl)cn2)cc1CN. The summed E-state index contributed by atoms with van der Waals surface area (Å²) >= 11 is 5.81. The molecule has 2 rings (SSSR count). The maximum atomic E-state index is 5.81. The molecule has 0 aliphatic rings. The minimum atomic E-state index is 0.455. The maximum absolute atomic E-state index is 5.81. The molecule has 0 saturated carbocycles. The summed E-state index contributed by atoms with van der Waals surface area (Å²) in [7, 11) is 1.64. The number of hydrogen-bond donors (Lipinski definition) is 1. The van der Waals surface area contributed by atoms with Crippen molar-refractivity contribution in [2.45, 2.75) is 13.1 Å². The molecule has 4 nitrogen and oxygen atoms in total. The van der Waals surface area contributed by atoms with Gasteiger partial charge >= 0.3 is 0 Å². The van der Waals surface area contributed by atoms with Gasteiger partial charge in [0.1, 0.15) is 5.75 Å². The van der Waals surface area contributed by atoms with E-state index in [1.807, 2.05) is 18.2 Å². The van der Waals surface area contributed by atoms with Crippen LogP contribution in [0.25, 0.3) is 0 Å². The van der Waals surface area contributed by atoms with Crippen molar-refractivity contribution in [2.24, 2.45) is 5.73 Å². The standard InChI is InChI=1S/C12H14ClN3O/c1-17-12-3-2-9(4-10(12)5-14)7-16-8-11(13)6-15-16/h2-4,6,8H,5,7,14H2,1H3. The molecule has 0 unspecified atom stereocenters. The van der Waals surface area contributed by atoms with Gasteiger partial charge in [0.2, 0.25) is 0 Å². The van der Waals surface area contributed by atoms with E-state index < -0.39 is 0 Å². The van der Waals surface area contributed by atoms with Crippen molar-refractivity contribution >= 4 is 11.6 Å². The highest BCUT2D eigenvalue weighted by atomic mass is 35.5. The monoisotopic (exact) mass is 251 g/mol. The molecule has 0 aliphatic heterocycles. The van der Waals surface area contributed by atoms with E-state index in [9.17, 15) is 0 Å². The molecule has 5 heteroatoms. The lowest BCUT2D eigenvalue weighted by Crippen LogP contribution is -2.04. The Hall–Kier alpha value is -1.52. The van der Waals surface area contributed by atoms with Gasteiger partial charge in [0.15, 0.2) is 0 Å². The first kappa shape index (κ1) is 12.0. The van der Waals surface area contributed by atoms with E-state index in [0.717, 1.165) is 16.9 Å². The fourth-order valence-electron chi connectivity index (χ4n) is 1.70. The van der Waals surface area contributed by atoms with Crippen molar-refractivity contribution in [1.82, 2.24) is 9.78 Å². The van der Waals surface area contributed by atoms with Crippen LogP contribution < -0.4 is 10.5 Å². The Morgan fingerprint density at radius 3 is 2.88 bits per heavy atom. The van der Waals surface area contributed by atoms with E-state index in [1.165, 1.54) is 0 Å². The number of nitrogens with zero attached hydrogens (tertiary/aromatic N) is 2. The maximum Gasteiger partial charge on any atom is 0.123 e. The zero-order chi connectivity index (χ0) is 12.3. The van der Waals surface area contributed by atoms with Gasteiger partial charge in [-0.3, -0.25) is 4.68 Å². The van der Waals surface area contributed by atoms with Crippen molar-refractivity contribution in [2.75, 3.05) is 7.11 Å². The van der Waals surface area contributed by atoms with Crippen LogP contribution in [0, 0.1) is 0 Å². The summed E-state index contributed by atoms with van der Waals surface area (Å²) in [5, 5.41) is 4.77. The Morgan fingerprint density at radius 1 is 1.47 bits per heavy atom.